The number of hydrogen-bond donors (Lipinski definition) is 0. The Morgan fingerprint density at radius 1 is 1.38 bits per heavy atom. The molecule has 0 amide bonds. The molecular weight excluding hydrogens is 194 g/mol. The van der Waals surface area contributed by atoms with Crippen LogP contribution in [0.5, 0.6) is 0 Å². The van der Waals surface area contributed by atoms with Gasteiger partial charge in [-0.1, -0.05) is 30.3 Å². The van der Waals surface area contributed by atoms with Crippen molar-refractivity contribution < 1.29 is 0 Å². The van der Waals surface area contributed by atoms with Crippen LogP contribution in [0.3, 0.4) is 0 Å². The van der Waals surface area contributed by atoms with Crippen molar-refractivity contribution >= 4 is 0 Å². The SMILES string of the molecule is C=C(C)N1Cc2cc(C)ccc2C2(CC2)C1. The molecule has 1 saturated carbocycles. The van der Waals surface area contributed by atoms with Gasteiger partial charge in [-0.15, -0.1) is 0 Å². The summed E-state index contributed by atoms with van der Waals surface area (Å²) >= 11 is 0. The monoisotopic (exact) mass is 213 g/mol. The lowest BCUT2D eigenvalue weighted by atomic mass is 9.86. The molecule has 0 radical (unpaired) electrons. The van der Waals surface area contributed by atoms with E-state index in [4.69, 9.17) is 0 Å². The zero-order chi connectivity index (χ0) is 11.3. The van der Waals surface area contributed by atoms with Gasteiger partial charge in [0.25, 0.3) is 0 Å². The average molecular weight is 213 g/mol. The molecule has 0 saturated heterocycles. The van der Waals surface area contributed by atoms with E-state index in [0.29, 0.717) is 5.41 Å². The summed E-state index contributed by atoms with van der Waals surface area (Å²) in [6, 6.07) is 6.97. The van der Waals surface area contributed by atoms with Gasteiger partial charge in [-0.2, -0.15) is 0 Å². The number of benzene rings is 1. The van der Waals surface area contributed by atoms with Gasteiger partial charge in [-0.3, -0.25) is 0 Å². The maximum Gasteiger partial charge on any atom is 0.0429 e. The molecule has 1 aromatic rings. The van der Waals surface area contributed by atoms with Crippen LogP contribution in [0, 0.1) is 6.92 Å². The average Bonchev–Trinajstić information content (AvgIpc) is 2.97. The van der Waals surface area contributed by atoms with Crippen LogP contribution in [0.2, 0.25) is 0 Å². The highest BCUT2D eigenvalue weighted by atomic mass is 15.2. The van der Waals surface area contributed by atoms with Gasteiger partial charge in [-0.25, -0.2) is 0 Å². The van der Waals surface area contributed by atoms with E-state index in [1.807, 2.05) is 0 Å². The van der Waals surface area contributed by atoms with Gasteiger partial charge >= 0.3 is 0 Å². The van der Waals surface area contributed by atoms with Crippen LogP contribution in [0.25, 0.3) is 0 Å². The van der Waals surface area contributed by atoms with Crippen LogP contribution in [0.15, 0.2) is 30.5 Å². The maximum absolute atomic E-state index is 4.09. The normalized spacial score (nSPS) is 20.8. The predicted octanol–water partition coefficient (Wildman–Crippen LogP) is 3.38. The molecule has 1 fully saturated rings. The summed E-state index contributed by atoms with van der Waals surface area (Å²) in [5, 5.41) is 0. The summed E-state index contributed by atoms with van der Waals surface area (Å²) in [5.74, 6) is 0. The molecule has 0 bridgehead atoms. The first kappa shape index (κ1) is 9.95. The van der Waals surface area contributed by atoms with E-state index in [-0.39, 0.29) is 0 Å². The highest BCUT2D eigenvalue weighted by Gasteiger charge is 2.48. The zero-order valence-electron chi connectivity index (χ0n) is 10.2. The fraction of sp³-hybridized carbons (Fsp3) is 0.467. The number of nitrogens with zero attached hydrogens (tertiary/aromatic N) is 1. The molecule has 1 aliphatic carbocycles. The number of allylic oxidation sites excluding steroid dienone is 1. The largest absolute Gasteiger partial charge is 0.370 e. The highest BCUT2D eigenvalue weighted by Crippen LogP contribution is 2.52. The minimum Gasteiger partial charge on any atom is -0.370 e. The second kappa shape index (κ2) is 3.13. The van der Waals surface area contributed by atoms with Crippen molar-refractivity contribution in [1.82, 2.24) is 4.90 Å². The van der Waals surface area contributed by atoms with Crippen molar-refractivity contribution in [3.8, 4) is 0 Å². The molecule has 0 aromatic heterocycles. The summed E-state index contributed by atoms with van der Waals surface area (Å²) < 4.78 is 0. The third kappa shape index (κ3) is 1.38. The Kier molecular flexibility index (Phi) is 1.95. The van der Waals surface area contributed by atoms with E-state index in [1.165, 1.54) is 36.2 Å². The minimum absolute atomic E-state index is 0.472. The zero-order valence-corrected chi connectivity index (χ0v) is 10.2. The lowest BCUT2D eigenvalue weighted by molar-refractivity contribution is 0.281. The second-order valence-corrected chi connectivity index (χ2v) is 5.53. The summed E-state index contributed by atoms with van der Waals surface area (Å²) in [7, 11) is 0. The van der Waals surface area contributed by atoms with Crippen molar-refractivity contribution in [2.24, 2.45) is 0 Å². The van der Waals surface area contributed by atoms with Crippen molar-refractivity contribution in [1.29, 1.82) is 0 Å². The van der Waals surface area contributed by atoms with Gasteiger partial charge in [0.1, 0.15) is 0 Å². The molecule has 84 valence electrons. The van der Waals surface area contributed by atoms with E-state index >= 15 is 0 Å². The number of fused-ring (bicyclic) bond motifs is 2. The molecule has 1 heteroatoms. The topological polar surface area (TPSA) is 3.24 Å². The van der Waals surface area contributed by atoms with E-state index in [0.717, 1.165) is 6.54 Å². The third-order valence-corrected chi connectivity index (χ3v) is 4.08. The summed E-state index contributed by atoms with van der Waals surface area (Å²) in [5.41, 5.74) is 6.18. The van der Waals surface area contributed by atoms with E-state index in [1.54, 1.807) is 5.56 Å². The van der Waals surface area contributed by atoms with Gasteiger partial charge in [0.05, 0.1) is 0 Å². The molecule has 1 nitrogen and oxygen atoms in total. The highest BCUT2D eigenvalue weighted by molar-refractivity contribution is 5.43. The molecule has 3 rings (SSSR count). The van der Waals surface area contributed by atoms with E-state index < -0.39 is 0 Å². The minimum atomic E-state index is 0.472. The Labute approximate surface area is 97.8 Å². The maximum atomic E-state index is 4.09. The van der Waals surface area contributed by atoms with Crippen LogP contribution in [0.4, 0.5) is 0 Å². The fourth-order valence-electron chi connectivity index (χ4n) is 2.93. The van der Waals surface area contributed by atoms with Crippen LogP contribution in [-0.2, 0) is 12.0 Å². The van der Waals surface area contributed by atoms with Gasteiger partial charge in [-0.05, 0) is 37.8 Å². The van der Waals surface area contributed by atoms with Crippen molar-refractivity contribution in [3.05, 3.63) is 47.2 Å². The first-order chi connectivity index (χ1) is 7.61. The lowest BCUT2D eigenvalue weighted by Gasteiger charge is -2.37. The third-order valence-electron chi connectivity index (χ3n) is 4.08. The molecule has 0 N–H and O–H groups in total. The van der Waals surface area contributed by atoms with E-state index in [9.17, 15) is 0 Å². The van der Waals surface area contributed by atoms with Gasteiger partial charge in [0.2, 0.25) is 0 Å². The Morgan fingerprint density at radius 3 is 2.75 bits per heavy atom. The first-order valence-electron chi connectivity index (χ1n) is 6.11. The molecule has 1 aromatic carbocycles. The first-order valence-corrected chi connectivity index (χ1v) is 6.11. The number of rotatable bonds is 1. The molecule has 2 aliphatic rings. The fourth-order valence-corrected chi connectivity index (χ4v) is 2.93. The van der Waals surface area contributed by atoms with Crippen LogP contribution in [0.1, 0.15) is 36.5 Å². The molecule has 16 heavy (non-hydrogen) atoms. The van der Waals surface area contributed by atoms with Crippen LogP contribution in [-0.4, -0.2) is 11.4 Å². The summed E-state index contributed by atoms with van der Waals surface area (Å²) in [4.78, 5) is 2.44. The molecular formula is C15H19N. The van der Waals surface area contributed by atoms with Crippen molar-refractivity contribution in [3.63, 3.8) is 0 Å². The molecule has 0 atom stereocenters. The summed E-state index contributed by atoms with van der Waals surface area (Å²) in [6.45, 7) is 10.6. The number of aryl methyl sites for hydroxylation is 1. The smallest absolute Gasteiger partial charge is 0.0429 e. The van der Waals surface area contributed by atoms with Gasteiger partial charge in [0.15, 0.2) is 0 Å². The summed E-state index contributed by atoms with van der Waals surface area (Å²) in [6.07, 6.45) is 2.71. The van der Waals surface area contributed by atoms with Crippen molar-refractivity contribution in [2.45, 2.75) is 38.6 Å². The Balaban J connectivity index is 2.06. The number of hydrogen-bond acceptors (Lipinski definition) is 1. The Morgan fingerprint density at radius 2 is 2.12 bits per heavy atom. The van der Waals surface area contributed by atoms with Crippen molar-refractivity contribution in [2.75, 3.05) is 6.54 Å². The lowest BCUT2D eigenvalue weighted by Crippen LogP contribution is -2.36. The molecule has 0 unspecified atom stereocenters. The van der Waals surface area contributed by atoms with Crippen LogP contribution >= 0.6 is 0 Å². The Bertz CT molecular complexity index is 455. The standard InChI is InChI=1S/C15H19N/c1-11(2)16-9-13-8-12(3)4-5-14(13)15(10-16)6-7-15/h4-5,8H,1,6-7,9-10H2,2-3H3. The molecule has 1 spiro atoms. The molecule has 1 heterocycles. The van der Waals surface area contributed by atoms with Crippen LogP contribution < -0.4 is 0 Å². The Hall–Kier alpha value is -1.24. The predicted molar refractivity (Wildman–Crippen MR) is 67.3 cm³/mol. The quantitative estimate of drug-likeness (QED) is 0.691. The second-order valence-electron chi connectivity index (χ2n) is 5.53. The van der Waals surface area contributed by atoms with E-state index in [2.05, 4.69) is 43.5 Å². The van der Waals surface area contributed by atoms with Gasteiger partial charge < -0.3 is 4.90 Å². The molecule has 1 aliphatic heterocycles. The van der Waals surface area contributed by atoms with Gasteiger partial charge in [0, 0.05) is 24.2 Å².